The van der Waals surface area contributed by atoms with Gasteiger partial charge in [0.1, 0.15) is 17.0 Å². The summed E-state index contributed by atoms with van der Waals surface area (Å²) in [6.07, 6.45) is 1.98. The van der Waals surface area contributed by atoms with Gasteiger partial charge in [-0.05, 0) is 37.3 Å². The lowest BCUT2D eigenvalue weighted by atomic mass is 10.0. The molecule has 0 unspecified atom stereocenters. The Morgan fingerprint density at radius 2 is 2.16 bits per heavy atom. The maximum atomic E-state index is 13.3. The van der Waals surface area contributed by atoms with Crippen molar-refractivity contribution in [3.05, 3.63) is 63.0 Å². The summed E-state index contributed by atoms with van der Waals surface area (Å²) in [6, 6.07) is 11.6. The molecule has 3 heterocycles. The highest BCUT2D eigenvalue weighted by atomic mass is 35.5. The summed E-state index contributed by atoms with van der Waals surface area (Å²) in [5.41, 5.74) is 1.75. The van der Waals surface area contributed by atoms with Crippen molar-refractivity contribution in [1.29, 1.82) is 0 Å². The number of halogens is 1. The molecule has 0 N–H and O–H groups in total. The minimum atomic E-state index is -0.0374. The Kier molecular flexibility index (Phi) is 4.36. The van der Waals surface area contributed by atoms with Crippen LogP contribution in [0.5, 0.6) is 0 Å². The first-order valence-electron chi connectivity index (χ1n) is 8.22. The zero-order valence-corrected chi connectivity index (χ0v) is 15.3. The zero-order valence-electron chi connectivity index (χ0n) is 13.7. The number of carbonyl (C=O) groups is 1. The van der Waals surface area contributed by atoms with E-state index in [4.69, 9.17) is 16.1 Å². The SMILES string of the molecule is Cc1onc(-c2ccccc2Cl)c1C(=O)N1CCC[C@H]1c1cccs1. The van der Waals surface area contributed by atoms with E-state index in [-0.39, 0.29) is 11.9 Å². The van der Waals surface area contributed by atoms with Crippen LogP contribution in [0.15, 0.2) is 46.3 Å². The third-order valence-corrected chi connectivity index (χ3v) is 5.89. The Morgan fingerprint density at radius 1 is 1.32 bits per heavy atom. The van der Waals surface area contributed by atoms with Gasteiger partial charge in [-0.2, -0.15) is 0 Å². The van der Waals surface area contributed by atoms with Crippen molar-refractivity contribution < 1.29 is 9.32 Å². The summed E-state index contributed by atoms with van der Waals surface area (Å²) in [7, 11) is 0. The van der Waals surface area contributed by atoms with Crippen molar-refractivity contribution >= 4 is 28.8 Å². The smallest absolute Gasteiger partial charge is 0.260 e. The molecule has 1 aliphatic rings. The zero-order chi connectivity index (χ0) is 17.4. The summed E-state index contributed by atoms with van der Waals surface area (Å²) in [5.74, 6) is 0.487. The Morgan fingerprint density at radius 3 is 2.92 bits per heavy atom. The predicted octanol–water partition coefficient (Wildman–Crippen LogP) is 5.34. The molecule has 3 aromatic rings. The molecule has 4 rings (SSSR count). The third kappa shape index (κ3) is 2.87. The topological polar surface area (TPSA) is 46.3 Å². The molecule has 1 aliphatic heterocycles. The molecular weight excluding hydrogens is 356 g/mol. The summed E-state index contributed by atoms with van der Waals surface area (Å²) in [4.78, 5) is 16.5. The molecule has 0 spiro atoms. The van der Waals surface area contributed by atoms with Gasteiger partial charge in [0.05, 0.1) is 11.1 Å². The molecule has 25 heavy (non-hydrogen) atoms. The Labute approximate surface area is 155 Å². The van der Waals surface area contributed by atoms with Gasteiger partial charge < -0.3 is 9.42 Å². The number of carbonyl (C=O) groups excluding carboxylic acids is 1. The highest BCUT2D eigenvalue weighted by Gasteiger charge is 2.35. The molecule has 1 aromatic carbocycles. The van der Waals surface area contributed by atoms with Crippen LogP contribution in [0.25, 0.3) is 11.3 Å². The number of aryl methyl sites for hydroxylation is 1. The van der Waals surface area contributed by atoms with Crippen LogP contribution in [0, 0.1) is 6.92 Å². The minimum absolute atomic E-state index is 0.0374. The average molecular weight is 373 g/mol. The van der Waals surface area contributed by atoms with Gasteiger partial charge >= 0.3 is 0 Å². The number of likely N-dealkylation sites (tertiary alicyclic amines) is 1. The van der Waals surface area contributed by atoms with E-state index in [0.717, 1.165) is 24.9 Å². The number of thiophene rings is 1. The lowest BCUT2D eigenvalue weighted by Gasteiger charge is -2.24. The lowest BCUT2D eigenvalue weighted by Crippen LogP contribution is -2.30. The number of rotatable bonds is 3. The minimum Gasteiger partial charge on any atom is -0.360 e. The molecule has 2 aromatic heterocycles. The molecule has 1 fully saturated rings. The fourth-order valence-electron chi connectivity index (χ4n) is 3.39. The van der Waals surface area contributed by atoms with Gasteiger partial charge in [0.25, 0.3) is 5.91 Å². The van der Waals surface area contributed by atoms with Crippen LogP contribution in [-0.4, -0.2) is 22.5 Å². The third-order valence-electron chi connectivity index (χ3n) is 4.59. The first kappa shape index (κ1) is 16.4. The second kappa shape index (κ2) is 6.65. The van der Waals surface area contributed by atoms with Crippen LogP contribution in [-0.2, 0) is 0 Å². The maximum Gasteiger partial charge on any atom is 0.260 e. The van der Waals surface area contributed by atoms with E-state index in [1.165, 1.54) is 4.88 Å². The van der Waals surface area contributed by atoms with E-state index in [2.05, 4.69) is 16.6 Å². The molecule has 1 amide bonds. The van der Waals surface area contributed by atoms with E-state index in [0.29, 0.717) is 22.0 Å². The van der Waals surface area contributed by atoms with Crippen LogP contribution in [0.2, 0.25) is 5.02 Å². The highest BCUT2D eigenvalue weighted by Crippen LogP contribution is 2.38. The van der Waals surface area contributed by atoms with E-state index in [9.17, 15) is 4.79 Å². The van der Waals surface area contributed by atoms with Gasteiger partial charge in [0.15, 0.2) is 0 Å². The summed E-state index contributed by atoms with van der Waals surface area (Å²) < 4.78 is 5.36. The number of aromatic nitrogens is 1. The fourth-order valence-corrected chi connectivity index (χ4v) is 4.49. The van der Waals surface area contributed by atoms with Crippen molar-refractivity contribution in [2.75, 3.05) is 6.54 Å². The molecule has 0 radical (unpaired) electrons. The number of nitrogens with zero attached hydrogens (tertiary/aromatic N) is 2. The molecule has 6 heteroatoms. The van der Waals surface area contributed by atoms with Gasteiger partial charge in [-0.3, -0.25) is 4.79 Å². The lowest BCUT2D eigenvalue weighted by molar-refractivity contribution is 0.0737. The first-order chi connectivity index (χ1) is 12.2. The molecular formula is C19H17ClN2O2S. The summed E-state index contributed by atoms with van der Waals surface area (Å²) >= 11 is 8.00. The normalized spacial score (nSPS) is 17.2. The molecule has 0 aliphatic carbocycles. The highest BCUT2D eigenvalue weighted by molar-refractivity contribution is 7.10. The van der Waals surface area contributed by atoms with Gasteiger partial charge in [0.2, 0.25) is 0 Å². The first-order valence-corrected chi connectivity index (χ1v) is 9.48. The maximum absolute atomic E-state index is 13.3. The molecule has 1 atom stereocenters. The van der Waals surface area contributed by atoms with Crippen molar-refractivity contribution in [1.82, 2.24) is 10.1 Å². The molecule has 1 saturated heterocycles. The van der Waals surface area contributed by atoms with Crippen LogP contribution < -0.4 is 0 Å². The van der Waals surface area contributed by atoms with Gasteiger partial charge in [-0.15, -0.1) is 11.3 Å². The van der Waals surface area contributed by atoms with Crippen LogP contribution >= 0.6 is 22.9 Å². The van der Waals surface area contributed by atoms with Crippen molar-refractivity contribution in [2.24, 2.45) is 0 Å². The van der Waals surface area contributed by atoms with Gasteiger partial charge in [-0.1, -0.05) is 41.0 Å². The average Bonchev–Trinajstić information content (AvgIpc) is 3.35. The number of benzene rings is 1. The van der Waals surface area contributed by atoms with Gasteiger partial charge in [0, 0.05) is 17.0 Å². The Bertz CT molecular complexity index is 904. The monoisotopic (exact) mass is 372 g/mol. The van der Waals surface area contributed by atoms with E-state index < -0.39 is 0 Å². The molecule has 0 bridgehead atoms. The van der Waals surface area contributed by atoms with Crippen molar-refractivity contribution in [2.45, 2.75) is 25.8 Å². The summed E-state index contributed by atoms with van der Waals surface area (Å²) in [6.45, 7) is 2.52. The van der Waals surface area contributed by atoms with Crippen LogP contribution in [0.1, 0.15) is 39.9 Å². The quantitative estimate of drug-likeness (QED) is 0.623. The largest absolute Gasteiger partial charge is 0.360 e. The predicted molar refractivity (Wildman–Crippen MR) is 99.0 cm³/mol. The Hall–Kier alpha value is -2.11. The molecule has 128 valence electrons. The van der Waals surface area contributed by atoms with Crippen molar-refractivity contribution in [3.63, 3.8) is 0 Å². The second-order valence-electron chi connectivity index (χ2n) is 6.11. The number of amides is 1. The van der Waals surface area contributed by atoms with E-state index >= 15 is 0 Å². The van der Waals surface area contributed by atoms with Crippen molar-refractivity contribution in [3.8, 4) is 11.3 Å². The Balaban J connectivity index is 1.74. The second-order valence-corrected chi connectivity index (χ2v) is 7.50. The fraction of sp³-hybridized carbons (Fsp3) is 0.263. The molecule has 4 nitrogen and oxygen atoms in total. The summed E-state index contributed by atoms with van der Waals surface area (Å²) in [5, 5.41) is 6.73. The van der Waals surface area contributed by atoms with Gasteiger partial charge in [-0.25, -0.2) is 0 Å². The van der Waals surface area contributed by atoms with Crippen LogP contribution in [0.4, 0.5) is 0 Å². The van der Waals surface area contributed by atoms with Crippen LogP contribution in [0.3, 0.4) is 0 Å². The molecule has 0 saturated carbocycles. The van der Waals surface area contributed by atoms with E-state index in [1.807, 2.05) is 29.2 Å². The standard InChI is InChI=1S/C19H17ClN2O2S/c1-12-17(18(21-24-12)13-6-2-3-7-14(13)20)19(23)22-10-4-8-15(22)16-9-5-11-25-16/h2-3,5-7,9,11,15H,4,8,10H2,1H3/t15-/m0/s1. The number of hydrogen-bond donors (Lipinski definition) is 0. The van der Waals surface area contributed by atoms with E-state index in [1.54, 1.807) is 24.3 Å². The number of hydrogen-bond acceptors (Lipinski definition) is 4.